The molecule has 1 saturated carbocycles. The van der Waals surface area contributed by atoms with E-state index in [9.17, 15) is 14.3 Å². The summed E-state index contributed by atoms with van der Waals surface area (Å²) in [5, 5.41) is 12.8. The van der Waals surface area contributed by atoms with E-state index in [2.05, 4.69) is 5.32 Å². The van der Waals surface area contributed by atoms with E-state index in [1.807, 2.05) is 24.3 Å². The number of amides is 1. The summed E-state index contributed by atoms with van der Waals surface area (Å²) < 4.78 is 18.9. The van der Waals surface area contributed by atoms with Crippen LogP contribution in [0.15, 0.2) is 48.5 Å². The van der Waals surface area contributed by atoms with Crippen molar-refractivity contribution < 1.29 is 19.0 Å². The Kier molecular flexibility index (Phi) is 4.81. The minimum absolute atomic E-state index is 0.00505. The molecule has 3 atom stereocenters. The summed E-state index contributed by atoms with van der Waals surface area (Å²) in [6.45, 7) is -0.00505. The second kappa shape index (κ2) is 7.01. The van der Waals surface area contributed by atoms with Gasteiger partial charge >= 0.3 is 0 Å². The van der Waals surface area contributed by atoms with Crippen LogP contribution in [0.5, 0.6) is 5.75 Å². The zero-order chi connectivity index (χ0) is 17.1. The van der Waals surface area contributed by atoms with Gasteiger partial charge in [0.05, 0.1) is 13.2 Å². The standard InChI is InChI=1S/C19H20FNO3/c1-24-18-9-5-3-6-12(18)14-10-15(14)19(23)21-11-17(22)13-7-2-4-8-16(13)20/h2-9,14-15,17,22H,10-11H2,1H3,(H,21,23). The van der Waals surface area contributed by atoms with Gasteiger partial charge in [0.15, 0.2) is 0 Å². The van der Waals surface area contributed by atoms with Crippen LogP contribution in [-0.2, 0) is 4.79 Å². The molecule has 1 amide bonds. The number of carbonyl (C=O) groups is 1. The van der Waals surface area contributed by atoms with Crippen LogP contribution in [0.2, 0.25) is 0 Å². The molecule has 0 spiro atoms. The third-order valence-corrected chi connectivity index (χ3v) is 4.40. The van der Waals surface area contributed by atoms with Gasteiger partial charge in [-0.2, -0.15) is 0 Å². The molecule has 126 valence electrons. The van der Waals surface area contributed by atoms with E-state index in [1.165, 1.54) is 12.1 Å². The molecule has 0 aromatic heterocycles. The SMILES string of the molecule is COc1ccccc1C1CC1C(=O)NCC(O)c1ccccc1F. The molecule has 24 heavy (non-hydrogen) atoms. The third-order valence-electron chi connectivity index (χ3n) is 4.40. The Morgan fingerprint density at radius 1 is 1.29 bits per heavy atom. The lowest BCUT2D eigenvalue weighted by Crippen LogP contribution is -2.30. The number of para-hydroxylation sites is 1. The summed E-state index contributed by atoms with van der Waals surface area (Å²) in [5.41, 5.74) is 1.21. The van der Waals surface area contributed by atoms with E-state index in [0.717, 1.165) is 17.7 Å². The Morgan fingerprint density at radius 3 is 2.75 bits per heavy atom. The molecule has 1 fully saturated rings. The van der Waals surface area contributed by atoms with E-state index in [0.29, 0.717) is 0 Å². The fourth-order valence-electron chi connectivity index (χ4n) is 2.98. The van der Waals surface area contributed by atoms with Crippen molar-refractivity contribution in [1.29, 1.82) is 0 Å². The molecule has 0 radical (unpaired) electrons. The highest BCUT2D eigenvalue weighted by Crippen LogP contribution is 2.50. The second-order valence-electron chi connectivity index (χ2n) is 5.97. The van der Waals surface area contributed by atoms with Crippen LogP contribution in [0.4, 0.5) is 4.39 Å². The van der Waals surface area contributed by atoms with E-state index < -0.39 is 11.9 Å². The molecule has 2 aromatic carbocycles. The molecule has 3 unspecified atom stereocenters. The quantitative estimate of drug-likeness (QED) is 0.857. The lowest BCUT2D eigenvalue weighted by atomic mass is 10.1. The van der Waals surface area contributed by atoms with Gasteiger partial charge in [0.2, 0.25) is 5.91 Å². The molecule has 5 heteroatoms. The number of aliphatic hydroxyl groups excluding tert-OH is 1. The molecule has 0 heterocycles. The van der Waals surface area contributed by atoms with Crippen molar-refractivity contribution in [1.82, 2.24) is 5.32 Å². The maximum Gasteiger partial charge on any atom is 0.223 e. The van der Waals surface area contributed by atoms with Crippen LogP contribution in [0, 0.1) is 11.7 Å². The first-order valence-electron chi connectivity index (χ1n) is 7.95. The summed E-state index contributed by atoms with van der Waals surface area (Å²) in [4.78, 5) is 12.3. The first-order valence-corrected chi connectivity index (χ1v) is 7.95. The van der Waals surface area contributed by atoms with Gasteiger partial charge in [-0.1, -0.05) is 36.4 Å². The third kappa shape index (κ3) is 3.41. The number of aliphatic hydroxyl groups is 1. The van der Waals surface area contributed by atoms with Crippen LogP contribution in [-0.4, -0.2) is 24.7 Å². The molecule has 0 saturated heterocycles. The van der Waals surface area contributed by atoms with Crippen molar-refractivity contribution >= 4 is 5.91 Å². The average Bonchev–Trinajstić information content (AvgIpc) is 3.40. The molecule has 0 bridgehead atoms. The highest BCUT2D eigenvalue weighted by atomic mass is 19.1. The number of rotatable bonds is 6. The molecule has 2 N–H and O–H groups in total. The first-order chi connectivity index (χ1) is 11.6. The number of methoxy groups -OCH3 is 1. The number of nitrogens with one attached hydrogen (secondary N) is 1. The van der Waals surface area contributed by atoms with Gasteiger partial charge in [0.25, 0.3) is 0 Å². The van der Waals surface area contributed by atoms with Crippen molar-refractivity contribution in [3.8, 4) is 5.75 Å². The van der Waals surface area contributed by atoms with Crippen molar-refractivity contribution in [2.45, 2.75) is 18.4 Å². The Morgan fingerprint density at radius 2 is 2.00 bits per heavy atom. The summed E-state index contributed by atoms with van der Waals surface area (Å²) in [7, 11) is 1.61. The van der Waals surface area contributed by atoms with Crippen molar-refractivity contribution in [2.24, 2.45) is 5.92 Å². The number of halogens is 1. The average molecular weight is 329 g/mol. The van der Waals surface area contributed by atoms with Gasteiger partial charge < -0.3 is 15.2 Å². The van der Waals surface area contributed by atoms with E-state index in [-0.39, 0.29) is 29.9 Å². The maximum atomic E-state index is 13.6. The number of carbonyl (C=O) groups excluding carboxylic acids is 1. The summed E-state index contributed by atoms with van der Waals surface area (Å²) >= 11 is 0. The van der Waals surface area contributed by atoms with Gasteiger partial charge in [-0.15, -0.1) is 0 Å². The zero-order valence-electron chi connectivity index (χ0n) is 13.4. The summed E-state index contributed by atoms with van der Waals surface area (Å²) in [6.07, 6.45) is -0.305. The molecule has 1 aliphatic rings. The Labute approximate surface area is 140 Å². The van der Waals surface area contributed by atoms with Gasteiger partial charge in [0, 0.05) is 18.0 Å². The minimum atomic E-state index is -1.06. The predicted octanol–water partition coefficient (Wildman–Crippen LogP) is 2.79. The minimum Gasteiger partial charge on any atom is -0.496 e. The second-order valence-corrected chi connectivity index (χ2v) is 5.97. The molecule has 4 nitrogen and oxygen atoms in total. The van der Waals surface area contributed by atoms with Crippen molar-refractivity contribution in [3.05, 3.63) is 65.5 Å². The maximum absolute atomic E-state index is 13.6. The van der Waals surface area contributed by atoms with Gasteiger partial charge in [-0.25, -0.2) is 4.39 Å². The molecule has 1 aliphatic carbocycles. The van der Waals surface area contributed by atoms with Crippen LogP contribution in [0.1, 0.15) is 29.6 Å². The van der Waals surface area contributed by atoms with Gasteiger partial charge in [-0.3, -0.25) is 4.79 Å². The molecule has 3 rings (SSSR count). The monoisotopic (exact) mass is 329 g/mol. The zero-order valence-corrected chi connectivity index (χ0v) is 13.4. The normalized spacial score (nSPS) is 20.3. The smallest absolute Gasteiger partial charge is 0.223 e. The van der Waals surface area contributed by atoms with Crippen molar-refractivity contribution in [3.63, 3.8) is 0 Å². The Bertz CT molecular complexity index is 734. The summed E-state index contributed by atoms with van der Waals surface area (Å²) in [5.74, 6) is 0.184. The lowest BCUT2D eigenvalue weighted by molar-refractivity contribution is -0.122. The fraction of sp³-hybridized carbons (Fsp3) is 0.316. The van der Waals surface area contributed by atoms with Crippen LogP contribution >= 0.6 is 0 Å². The van der Waals surface area contributed by atoms with Crippen LogP contribution < -0.4 is 10.1 Å². The van der Waals surface area contributed by atoms with Crippen LogP contribution in [0.25, 0.3) is 0 Å². The first kappa shape index (κ1) is 16.5. The number of hydrogen-bond donors (Lipinski definition) is 2. The van der Waals surface area contributed by atoms with Gasteiger partial charge in [0.1, 0.15) is 11.6 Å². The Hall–Kier alpha value is -2.40. The highest BCUT2D eigenvalue weighted by molar-refractivity contribution is 5.83. The number of hydrogen-bond acceptors (Lipinski definition) is 3. The van der Waals surface area contributed by atoms with E-state index >= 15 is 0 Å². The molecule has 0 aliphatic heterocycles. The molecular formula is C19H20FNO3. The summed E-state index contributed by atoms with van der Waals surface area (Å²) in [6, 6.07) is 13.7. The van der Waals surface area contributed by atoms with Gasteiger partial charge in [-0.05, 0) is 30.0 Å². The Balaban J connectivity index is 1.56. The lowest BCUT2D eigenvalue weighted by Gasteiger charge is -2.13. The van der Waals surface area contributed by atoms with E-state index in [1.54, 1.807) is 19.2 Å². The fourth-order valence-corrected chi connectivity index (χ4v) is 2.98. The van der Waals surface area contributed by atoms with Crippen molar-refractivity contribution in [2.75, 3.05) is 13.7 Å². The molecule has 2 aromatic rings. The highest BCUT2D eigenvalue weighted by Gasteiger charge is 2.45. The number of benzene rings is 2. The predicted molar refractivity (Wildman–Crippen MR) is 88.2 cm³/mol. The number of ether oxygens (including phenoxy) is 1. The van der Waals surface area contributed by atoms with Crippen LogP contribution in [0.3, 0.4) is 0 Å². The molecular weight excluding hydrogens is 309 g/mol. The topological polar surface area (TPSA) is 58.6 Å². The largest absolute Gasteiger partial charge is 0.496 e. The van der Waals surface area contributed by atoms with E-state index in [4.69, 9.17) is 4.74 Å².